The Labute approximate surface area is 209 Å². The molecule has 36 heavy (non-hydrogen) atoms. The van der Waals surface area contributed by atoms with Crippen molar-refractivity contribution in [3.8, 4) is 5.75 Å². The highest BCUT2D eigenvalue weighted by Gasteiger charge is 2.31. The number of benzene rings is 2. The Kier molecular flexibility index (Phi) is 7.51. The highest BCUT2D eigenvalue weighted by Crippen LogP contribution is 2.29. The van der Waals surface area contributed by atoms with Crippen molar-refractivity contribution < 1.29 is 22.7 Å². The van der Waals surface area contributed by atoms with Crippen LogP contribution >= 0.6 is 11.9 Å². The van der Waals surface area contributed by atoms with E-state index in [0.29, 0.717) is 39.3 Å². The quantitative estimate of drug-likeness (QED) is 0.177. The monoisotopic (exact) mass is 513 g/mol. The number of carbonyl (C=O) groups excluding carboxylic acids is 1. The number of ether oxygens (including phenoxy) is 1. The fraction of sp³-hybridized carbons (Fsp3) is 0.120. The van der Waals surface area contributed by atoms with Crippen LogP contribution in [-0.4, -0.2) is 35.7 Å². The zero-order valence-electron chi connectivity index (χ0n) is 19.0. The number of rotatable bonds is 9. The lowest BCUT2D eigenvalue weighted by Crippen LogP contribution is -2.17. The van der Waals surface area contributed by atoms with Gasteiger partial charge in [-0.2, -0.15) is 0 Å². The van der Waals surface area contributed by atoms with E-state index in [1.54, 1.807) is 56.0 Å². The van der Waals surface area contributed by atoms with E-state index in [1.165, 1.54) is 18.2 Å². The molecule has 11 heteroatoms. The molecule has 4 rings (SSSR count). The third-order valence-electron chi connectivity index (χ3n) is 5.14. The summed E-state index contributed by atoms with van der Waals surface area (Å²) in [6, 6.07) is 14.3. The van der Waals surface area contributed by atoms with Gasteiger partial charge in [0.25, 0.3) is 0 Å². The maximum absolute atomic E-state index is 13.3. The molecule has 0 unspecified atom stereocenters. The van der Waals surface area contributed by atoms with Crippen molar-refractivity contribution in [2.75, 3.05) is 18.3 Å². The van der Waals surface area contributed by atoms with Gasteiger partial charge in [-0.25, -0.2) is 4.98 Å². The number of fused-ring (bicyclic) bond motifs is 1. The summed E-state index contributed by atoms with van der Waals surface area (Å²) in [6.45, 7) is 0.304. The number of hydrogen-bond acceptors (Lipinski definition) is 7. The maximum Gasteiger partial charge on any atom is 0.573 e. The van der Waals surface area contributed by atoms with Gasteiger partial charge in [0, 0.05) is 59.3 Å². The van der Waals surface area contributed by atoms with Gasteiger partial charge in [-0.1, -0.05) is 18.2 Å². The number of pyridine rings is 1. The number of nitrogens with zero attached hydrogens (tertiary/aromatic N) is 1. The Morgan fingerprint density at radius 1 is 1.17 bits per heavy atom. The lowest BCUT2D eigenvalue weighted by atomic mass is 10.0. The second-order valence-electron chi connectivity index (χ2n) is 7.62. The Morgan fingerprint density at radius 2 is 1.97 bits per heavy atom. The highest BCUT2D eigenvalue weighted by molar-refractivity contribution is 8.00. The molecule has 0 aliphatic carbocycles. The number of nitrogens with two attached hydrogens (primary N) is 1. The van der Waals surface area contributed by atoms with Crippen molar-refractivity contribution in [2.24, 2.45) is 5.73 Å². The molecular formula is C25H22F3N5O2S. The van der Waals surface area contributed by atoms with Gasteiger partial charge in [0.05, 0.1) is 0 Å². The van der Waals surface area contributed by atoms with Crippen LogP contribution in [0.15, 0.2) is 78.1 Å². The first kappa shape index (κ1) is 25.1. The minimum absolute atomic E-state index is 0.207. The Balaban J connectivity index is 1.54. The van der Waals surface area contributed by atoms with Crippen molar-refractivity contribution in [3.63, 3.8) is 0 Å². The van der Waals surface area contributed by atoms with Crippen LogP contribution in [0.3, 0.4) is 0 Å². The number of H-pyrrole nitrogens is 1. The van der Waals surface area contributed by atoms with Crippen molar-refractivity contribution >= 4 is 40.0 Å². The third-order valence-corrected chi connectivity index (χ3v) is 5.96. The number of halogens is 3. The molecule has 0 amide bonds. The molecule has 2 heterocycles. The zero-order chi connectivity index (χ0) is 25.7. The van der Waals surface area contributed by atoms with Gasteiger partial charge in [0.15, 0.2) is 5.78 Å². The molecule has 0 saturated heterocycles. The number of nitrogens with one attached hydrogen (secondary N) is 3. The van der Waals surface area contributed by atoms with Crippen LogP contribution in [0.2, 0.25) is 0 Å². The normalized spacial score (nSPS) is 12.0. The molecule has 2 aromatic carbocycles. The first-order chi connectivity index (χ1) is 17.3. The van der Waals surface area contributed by atoms with E-state index < -0.39 is 6.36 Å². The molecule has 2 aromatic heterocycles. The fourth-order valence-corrected chi connectivity index (χ4v) is 4.22. The van der Waals surface area contributed by atoms with Gasteiger partial charge in [-0.05, 0) is 59.5 Å². The Hall–Kier alpha value is -3.96. The Bertz CT molecular complexity index is 1420. The van der Waals surface area contributed by atoms with E-state index in [-0.39, 0.29) is 11.5 Å². The molecule has 0 atom stereocenters. The van der Waals surface area contributed by atoms with Gasteiger partial charge < -0.3 is 25.5 Å². The van der Waals surface area contributed by atoms with Gasteiger partial charge in [-0.3, -0.25) is 4.79 Å². The van der Waals surface area contributed by atoms with E-state index in [1.807, 2.05) is 6.07 Å². The molecule has 0 spiro atoms. The smallest absolute Gasteiger partial charge is 0.406 e. The minimum Gasteiger partial charge on any atom is -0.406 e. The van der Waals surface area contributed by atoms with Crippen LogP contribution < -0.4 is 20.5 Å². The second kappa shape index (κ2) is 10.8. The number of carbonyl (C=O) groups is 1. The van der Waals surface area contributed by atoms with Crippen molar-refractivity contribution in [3.05, 3.63) is 89.9 Å². The van der Waals surface area contributed by atoms with Crippen LogP contribution in [0.5, 0.6) is 5.75 Å². The average molecular weight is 514 g/mol. The van der Waals surface area contributed by atoms with E-state index in [4.69, 9.17) is 5.73 Å². The van der Waals surface area contributed by atoms with E-state index in [0.717, 1.165) is 23.1 Å². The van der Waals surface area contributed by atoms with Crippen LogP contribution in [0.1, 0.15) is 21.5 Å². The lowest BCUT2D eigenvalue weighted by molar-refractivity contribution is -0.274. The second-order valence-corrected chi connectivity index (χ2v) is 8.50. The molecule has 5 N–H and O–H groups in total. The highest BCUT2D eigenvalue weighted by atomic mass is 32.2. The summed E-state index contributed by atoms with van der Waals surface area (Å²) in [5.41, 5.74) is 9.57. The number of aromatic nitrogens is 2. The zero-order valence-corrected chi connectivity index (χ0v) is 19.8. The fourth-order valence-electron chi connectivity index (χ4n) is 3.53. The van der Waals surface area contributed by atoms with Crippen molar-refractivity contribution in [1.82, 2.24) is 15.3 Å². The maximum atomic E-state index is 13.3. The molecule has 186 valence electrons. The van der Waals surface area contributed by atoms with Gasteiger partial charge in [0.1, 0.15) is 11.4 Å². The summed E-state index contributed by atoms with van der Waals surface area (Å²) >= 11 is 1.10. The third kappa shape index (κ3) is 5.99. The molecule has 4 aromatic rings. The SMILES string of the molecule is CN/C=C(\CN)c1cnc2[nH]cc(C(=O)c3cccc(NSc4cccc(OC(F)(F)F)c4)c3)c2c1. The summed E-state index contributed by atoms with van der Waals surface area (Å²) in [7, 11) is 1.78. The summed E-state index contributed by atoms with van der Waals surface area (Å²) in [5, 5.41) is 3.62. The van der Waals surface area contributed by atoms with Crippen LogP contribution in [0, 0.1) is 0 Å². The van der Waals surface area contributed by atoms with E-state index in [9.17, 15) is 18.0 Å². The van der Waals surface area contributed by atoms with E-state index >= 15 is 0 Å². The minimum atomic E-state index is -4.76. The summed E-state index contributed by atoms with van der Waals surface area (Å²) in [4.78, 5) is 21.3. The first-order valence-corrected chi connectivity index (χ1v) is 11.6. The lowest BCUT2D eigenvalue weighted by Gasteiger charge is -2.11. The van der Waals surface area contributed by atoms with Crippen LogP contribution in [0.4, 0.5) is 18.9 Å². The summed E-state index contributed by atoms with van der Waals surface area (Å²) < 4.78 is 44.4. The molecule has 0 aliphatic rings. The summed E-state index contributed by atoms with van der Waals surface area (Å²) in [5.74, 6) is -0.519. The average Bonchev–Trinajstić information content (AvgIpc) is 3.28. The summed E-state index contributed by atoms with van der Waals surface area (Å²) in [6.07, 6.45) is 0.336. The van der Waals surface area contributed by atoms with Crippen molar-refractivity contribution in [1.29, 1.82) is 0 Å². The largest absolute Gasteiger partial charge is 0.573 e. The first-order valence-electron chi connectivity index (χ1n) is 10.7. The molecular weight excluding hydrogens is 491 g/mol. The number of hydrogen-bond donors (Lipinski definition) is 4. The standard InChI is InChI=1S/C25H22F3N5O2S/c1-30-12-17(11-29)16-9-21-22(14-32-24(21)31-13-16)23(34)15-4-2-5-18(8-15)33-36-20-7-3-6-19(10-20)35-25(26,27)28/h2-10,12-14,30,33H,11,29H2,1H3,(H,31,32)/b17-12+. The van der Waals surface area contributed by atoms with Gasteiger partial charge >= 0.3 is 6.36 Å². The number of aromatic amines is 1. The molecule has 0 radical (unpaired) electrons. The van der Waals surface area contributed by atoms with Crippen LogP contribution in [-0.2, 0) is 0 Å². The van der Waals surface area contributed by atoms with Gasteiger partial charge in [0.2, 0.25) is 0 Å². The topological polar surface area (TPSA) is 105 Å². The van der Waals surface area contributed by atoms with Crippen molar-refractivity contribution in [2.45, 2.75) is 11.3 Å². The van der Waals surface area contributed by atoms with Gasteiger partial charge in [-0.15, -0.1) is 13.2 Å². The van der Waals surface area contributed by atoms with E-state index in [2.05, 4.69) is 24.7 Å². The number of alkyl halides is 3. The predicted molar refractivity (Wildman–Crippen MR) is 135 cm³/mol. The predicted octanol–water partition coefficient (Wildman–Crippen LogP) is 5.33. The molecule has 0 saturated carbocycles. The Morgan fingerprint density at radius 3 is 2.72 bits per heavy atom. The van der Waals surface area contributed by atoms with Crippen LogP contribution in [0.25, 0.3) is 16.6 Å². The number of anilines is 1. The molecule has 7 nitrogen and oxygen atoms in total. The molecule has 0 fully saturated rings. The molecule has 0 aliphatic heterocycles. The molecule has 0 bridgehead atoms. The number of ketones is 1.